The van der Waals surface area contributed by atoms with Crippen molar-refractivity contribution in [2.45, 2.75) is 0 Å². The van der Waals surface area contributed by atoms with E-state index in [4.69, 9.17) is 0 Å². The van der Waals surface area contributed by atoms with Crippen LogP contribution in [0.2, 0.25) is 0 Å². The minimum absolute atomic E-state index is 0.881. The quantitative estimate of drug-likeness (QED) is 0.468. The Labute approximate surface area is 69.1 Å². The van der Waals surface area contributed by atoms with E-state index >= 15 is 0 Å². The molecule has 0 radical (unpaired) electrons. The fourth-order valence-electron chi connectivity index (χ4n) is 0.880. The summed E-state index contributed by atoms with van der Waals surface area (Å²) in [5.41, 5.74) is 1.90. The Morgan fingerprint density at radius 2 is 2.18 bits per heavy atom. The van der Waals surface area contributed by atoms with Gasteiger partial charge in [-0.15, -0.1) is 9.24 Å². The van der Waals surface area contributed by atoms with Gasteiger partial charge in [-0.1, -0.05) is 18.7 Å². The first-order valence-electron chi connectivity index (χ1n) is 3.26. The summed E-state index contributed by atoms with van der Waals surface area (Å²) in [7, 11) is 2.63. The van der Waals surface area contributed by atoms with Gasteiger partial charge in [0, 0.05) is 5.56 Å². The summed E-state index contributed by atoms with van der Waals surface area (Å²) >= 11 is 0. The molecule has 1 unspecified atom stereocenters. The normalized spacial score (nSPS) is 9.18. The van der Waals surface area contributed by atoms with Crippen molar-refractivity contribution < 1.29 is 0 Å². The maximum atomic E-state index is 3.85. The van der Waals surface area contributed by atoms with Crippen molar-refractivity contribution in [3.8, 4) is 0 Å². The lowest BCUT2D eigenvalue weighted by Crippen LogP contribution is -1.89. The molecule has 0 bridgehead atoms. The van der Waals surface area contributed by atoms with E-state index in [2.05, 4.69) is 27.5 Å². The minimum Gasteiger partial charge on any atom is -0.264 e. The summed E-state index contributed by atoms with van der Waals surface area (Å²) in [5, 5.41) is 1.13. The molecule has 1 aromatic carbocycles. The van der Waals surface area contributed by atoms with Gasteiger partial charge in [-0.3, -0.25) is 4.99 Å². The Hall–Kier alpha value is -0.940. The van der Waals surface area contributed by atoms with E-state index in [-0.39, 0.29) is 0 Å². The van der Waals surface area contributed by atoms with E-state index in [1.165, 1.54) is 0 Å². The van der Waals surface area contributed by atoms with Crippen LogP contribution in [0.3, 0.4) is 0 Å². The first-order valence-corrected chi connectivity index (χ1v) is 3.84. The van der Waals surface area contributed by atoms with E-state index < -0.39 is 0 Å². The number of aliphatic imine (C=N–C) groups is 1. The molecule has 0 saturated heterocycles. The molecule has 0 aliphatic rings. The third-order valence-corrected chi connectivity index (χ3v) is 1.80. The zero-order valence-corrected chi connectivity index (χ0v) is 7.40. The Morgan fingerprint density at radius 3 is 2.73 bits per heavy atom. The van der Waals surface area contributed by atoms with Crippen LogP contribution in [0.1, 0.15) is 5.56 Å². The van der Waals surface area contributed by atoms with Crippen molar-refractivity contribution >= 4 is 33.0 Å². The third kappa shape index (κ3) is 1.75. The molecule has 0 heterocycles. The predicted molar refractivity (Wildman–Crippen MR) is 55.1 cm³/mol. The Bertz CT molecular complexity index is 292. The molecule has 11 heavy (non-hydrogen) atoms. The van der Waals surface area contributed by atoms with Gasteiger partial charge in [0.15, 0.2) is 0 Å². The molecule has 0 aromatic heterocycles. The van der Waals surface area contributed by atoms with Crippen molar-refractivity contribution in [2.24, 2.45) is 4.99 Å². The molecule has 1 nitrogen and oxygen atoms in total. The number of hydrogen-bond donors (Lipinski definition) is 0. The Kier molecular flexibility index (Phi) is 2.56. The second-order valence-corrected chi connectivity index (χ2v) is 2.85. The van der Waals surface area contributed by atoms with E-state index in [1.807, 2.05) is 18.2 Å². The maximum Gasteiger partial charge on any atom is 0.0694 e. The first-order chi connectivity index (χ1) is 5.27. The topological polar surface area (TPSA) is 12.4 Å². The van der Waals surface area contributed by atoms with Crippen LogP contribution in [0.25, 0.3) is 6.08 Å². The molecule has 1 aromatic rings. The summed E-state index contributed by atoms with van der Waals surface area (Å²) in [4.78, 5) is 3.85. The summed E-state index contributed by atoms with van der Waals surface area (Å²) in [6.07, 6.45) is 1.78. The lowest BCUT2D eigenvalue weighted by atomic mass is 10.2. The molecule has 0 fully saturated rings. The van der Waals surface area contributed by atoms with Crippen molar-refractivity contribution in [3.05, 3.63) is 30.3 Å². The molecule has 1 rings (SSSR count). The SMILES string of the molecule is C=Cc1cc(P)ccc1N=C. The van der Waals surface area contributed by atoms with Gasteiger partial charge in [0.05, 0.1) is 5.69 Å². The average Bonchev–Trinajstić information content (AvgIpc) is 2.04. The molecule has 0 spiro atoms. The number of benzene rings is 1. The molecule has 0 saturated carbocycles. The molecular weight excluding hydrogens is 153 g/mol. The fraction of sp³-hybridized carbons (Fsp3) is 0. The molecule has 0 amide bonds. The van der Waals surface area contributed by atoms with E-state index in [9.17, 15) is 0 Å². The minimum atomic E-state index is 0.881. The summed E-state index contributed by atoms with van der Waals surface area (Å²) in [6.45, 7) is 7.15. The van der Waals surface area contributed by atoms with Gasteiger partial charge in [-0.05, 0) is 24.2 Å². The largest absolute Gasteiger partial charge is 0.264 e. The second kappa shape index (κ2) is 3.45. The van der Waals surface area contributed by atoms with Crippen molar-refractivity contribution in [1.82, 2.24) is 0 Å². The van der Waals surface area contributed by atoms with Crippen molar-refractivity contribution in [2.75, 3.05) is 0 Å². The van der Waals surface area contributed by atoms with E-state index in [0.717, 1.165) is 16.6 Å². The molecule has 2 heteroatoms. The highest BCUT2D eigenvalue weighted by molar-refractivity contribution is 7.27. The zero-order chi connectivity index (χ0) is 8.27. The Balaban J connectivity index is 3.26. The van der Waals surface area contributed by atoms with Crippen LogP contribution in [-0.2, 0) is 0 Å². The van der Waals surface area contributed by atoms with Gasteiger partial charge in [0.25, 0.3) is 0 Å². The highest BCUT2D eigenvalue weighted by Crippen LogP contribution is 2.18. The Morgan fingerprint density at radius 1 is 1.45 bits per heavy atom. The van der Waals surface area contributed by atoms with Gasteiger partial charge >= 0.3 is 0 Å². The molecule has 0 N–H and O–H groups in total. The van der Waals surface area contributed by atoms with Gasteiger partial charge in [-0.2, -0.15) is 0 Å². The van der Waals surface area contributed by atoms with Gasteiger partial charge < -0.3 is 0 Å². The number of nitrogens with zero attached hydrogens (tertiary/aromatic N) is 1. The molecular formula is C9H10NP. The lowest BCUT2D eigenvalue weighted by molar-refractivity contribution is 1.54. The van der Waals surface area contributed by atoms with Crippen LogP contribution in [0.4, 0.5) is 5.69 Å². The maximum absolute atomic E-state index is 3.85. The molecule has 0 aliphatic carbocycles. The van der Waals surface area contributed by atoms with Crippen LogP contribution in [-0.4, -0.2) is 6.72 Å². The standard InChI is InChI=1S/C9H10NP/c1-3-7-6-8(11)4-5-9(7)10-2/h3-6H,1-2,11H2. The summed E-state index contributed by atoms with van der Waals surface area (Å²) in [5.74, 6) is 0. The molecule has 56 valence electrons. The monoisotopic (exact) mass is 163 g/mol. The third-order valence-electron chi connectivity index (χ3n) is 1.44. The second-order valence-electron chi connectivity index (χ2n) is 2.18. The first kappa shape index (κ1) is 8.16. The van der Waals surface area contributed by atoms with Crippen LogP contribution >= 0.6 is 9.24 Å². The fourth-order valence-corrected chi connectivity index (χ4v) is 1.16. The molecule has 1 atom stereocenters. The summed E-state index contributed by atoms with van der Waals surface area (Å²) < 4.78 is 0. The number of hydrogen-bond acceptors (Lipinski definition) is 1. The average molecular weight is 163 g/mol. The zero-order valence-electron chi connectivity index (χ0n) is 6.25. The van der Waals surface area contributed by atoms with Gasteiger partial charge in [0.2, 0.25) is 0 Å². The van der Waals surface area contributed by atoms with Gasteiger partial charge in [0.1, 0.15) is 0 Å². The lowest BCUT2D eigenvalue weighted by Gasteiger charge is -1.99. The van der Waals surface area contributed by atoms with Gasteiger partial charge in [-0.25, -0.2) is 0 Å². The highest BCUT2D eigenvalue weighted by Gasteiger charge is 1.94. The van der Waals surface area contributed by atoms with Crippen LogP contribution in [0.15, 0.2) is 29.8 Å². The van der Waals surface area contributed by atoms with E-state index in [0.29, 0.717) is 0 Å². The summed E-state index contributed by atoms with van der Waals surface area (Å²) in [6, 6.07) is 5.90. The smallest absolute Gasteiger partial charge is 0.0694 e. The highest BCUT2D eigenvalue weighted by atomic mass is 31.0. The van der Waals surface area contributed by atoms with Crippen LogP contribution < -0.4 is 5.30 Å². The van der Waals surface area contributed by atoms with Crippen LogP contribution in [0, 0.1) is 0 Å². The van der Waals surface area contributed by atoms with Crippen molar-refractivity contribution in [1.29, 1.82) is 0 Å². The van der Waals surface area contributed by atoms with Crippen LogP contribution in [0.5, 0.6) is 0 Å². The molecule has 0 aliphatic heterocycles. The van der Waals surface area contributed by atoms with Crippen molar-refractivity contribution in [3.63, 3.8) is 0 Å². The van der Waals surface area contributed by atoms with E-state index in [1.54, 1.807) is 6.08 Å². The predicted octanol–water partition coefficient (Wildman–Crippen LogP) is 2.16. The number of rotatable bonds is 2.